The molecule has 0 saturated heterocycles. The van der Waals surface area contributed by atoms with Crippen molar-refractivity contribution in [3.8, 4) is 0 Å². The molecule has 1 aromatic carbocycles. The third-order valence-electron chi connectivity index (χ3n) is 3.57. The van der Waals surface area contributed by atoms with Crippen LogP contribution in [-0.4, -0.2) is 11.1 Å². The van der Waals surface area contributed by atoms with Gasteiger partial charge in [0.05, 0.1) is 5.92 Å². The number of carboxylic acid groups (broad SMARTS) is 1. The Morgan fingerprint density at radius 1 is 1.28 bits per heavy atom. The van der Waals surface area contributed by atoms with Gasteiger partial charge in [0, 0.05) is 16.0 Å². The molecule has 2 nitrogen and oxygen atoms in total. The fraction of sp³-hybridized carbons (Fsp3) is 0.357. The van der Waals surface area contributed by atoms with Gasteiger partial charge >= 0.3 is 5.97 Å². The van der Waals surface area contributed by atoms with E-state index >= 15 is 0 Å². The number of aliphatic carboxylic acids is 1. The van der Waals surface area contributed by atoms with Crippen molar-refractivity contribution in [2.24, 2.45) is 17.3 Å². The first-order valence-corrected chi connectivity index (χ1v) is 6.45. The predicted molar refractivity (Wildman–Crippen MR) is 73.7 cm³/mol. The van der Waals surface area contributed by atoms with E-state index in [1.54, 1.807) is 12.1 Å². The van der Waals surface area contributed by atoms with Crippen molar-refractivity contribution in [2.75, 3.05) is 0 Å². The Morgan fingerprint density at radius 2 is 1.83 bits per heavy atom. The molecule has 1 aromatic rings. The molecule has 0 heterocycles. The zero-order valence-corrected chi connectivity index (χ0v) is 11.7. The largest absolute Gasteiger partial charge is 0.481 e. The monoisotopic (exact) mass is 284 g/mol. The van der Waals surface area contributed by atoms with Crippen molar-refractivity contribution in [1.82, 2.24) is 0 Å². The van der Waals surface area contributed by atoms with E-state index in [1.165, 1.54) is 0 Å². The minimum absolute atomic E-state index is 0.104. The first-order valence-electron chi connectivity index (χ1n) is 5.69. The predicted octanol–water partition coefficient (Wildman–Crippen LogP) is 4.28. The summed E-state index contributed by atoms with van der Waals surface area (Å²) in [5.74, 6) is -1.28. The summed E-state index contributed by atoms with van der Waals surface area (Å²) in [4.78, 5) is 11.1. The number of benzene rings is 1. The average molecular weight is 285 g/mol. The Balaban J connectivity index is 2.20. The molecule has 2 atom stereocenters. The van der Waals surface area contributed by atoms with Crippen LogP contribution < -0.4 is 0 Å². The standard InChI is InChI=1S/C14H14Cl2O2/c1-14(2)11(12(14)13(17)18)10(16)7-8-3-5-9(15)6-4-8/h3-7,11-12H,1-2H3,(H,17,18). The van der Waals surface area contributed by atoms with E-state index in [9.17, 15) is 4.79 Å². The first kappa shape index (κ1) is 13.4. The summed E-state index contributed by atoms with van der Waals surface area (Å²) in [6.07, 6.45) is 1.81. The maximum absolute atomic E-state index is 11.1. The van der Waals surface area contributed by atoms with Crippen LogP contribution in [-0.2, 0) is 4.79 Å². The van der Waals surface area contributed by atoms with E-state index < -0.39 is 11.9 Å². The highest BCUT2D eigenvalue weighted by molar-refractivity contribution is 6.32. The Bertz CT molecular complexity index is 503. The molecule has 1 N–H and O–H groups in total. The molecular formula is C14H14Cl2O2. The fourth-order valence-electron chi connectivity index (χ4n) is 2.42. The minimum atomic E-state index is -0.785. The lowest BCUT2D eigenvalue weighted by Crippen LogP contribution is -2.03. The van der Waals surface area contributed by atoms with Crippen molar-refractivity contribution < 1.29 is 9.90 Å². The van der Waals surface area contributed by atoms with Gasteiger partial charge in [-0.1, -0.05) is 49.2 Å². The molecule has 2 rings (SSSR count). The number of halogens is 2. The lowest BCUT2D eigenvalue weighted by atomic mass is 10.1. The van der Waals surface area contributed by atoms with Crippen molar-refractivity contribution in [2.45, 2.75) is 13.8 Å². The molecular weight excluding hydrogens is 271 g/mol. The molecule has 96 valence electrons. The summed E-state index contributed by atoms with van der Waals surface area (Å²) in [5, 5.41) is 10.4. The second-order valence-electron chi connectivity index (χ2n) is 5.20. The Kier molecular flexibility index (Phi) is 3.43. The van der Waals surface area contributed by atoms with Crippen LogP contribution in [0, 0.1) is 17.3 Å². The van der Waals surface area contributed by atoms with Crippen LogP contribution in [0.15, 0.2) is 29.3 Å². The zero-order chi connectivity index (χ0) is 13.5. The van der Waals surface area contributed by atoms with Crippen LogP contribution in [0.4, 0.5) is 0 Å². The van der Waals surface area contributed by atoms with E-state index in [1.807, 2.05) is 32.1 Å². The molecule has 0 bridgehead atoms. The molecule has 0 aromatic heterocycles. The molecule has 0 amide bonds. The number of rotatable bonds is 3. The highest BCUT2D eigenvalue weighted by Gasteiger charge is 2.63. The number of carboxylic acids is 1. The van der Waals surface area contributed by atoms with Gasteiger partial charge in [0.2, 0.25) is 0 Å². The maximum Gasteiger partial charge on any atom is 0.307 e. The molecule has 18 heavy (non-hydrogen) atoms. The van der Waals surface area contributed by atoms with Crippen LogP contribution in [0.5, 0.6) is 0 Å². The summed E-state index contributed by atoms with van der Waals surface area (Å²) in [5.41, 5.74) is 0.655. The van der Waals surface area contributed by atoms with Gasteiger partial charge in [-0.25, -0.2) is 0 Å². The number of carbonyl (C=O) groups is 1. The van der Waals surface area contributed by atoms with Gasteiger partial charge in [0.1, 0.15) is 0 Å². The maximum atomic E-state index is 11.1. The van der Waals surface area contributed by atoms with E-state index in [2.05, 4.69) is 0 Å². The highest BCUT2D eigenvalue weighted by Crippen LogP contribution is 2.62. The molecule has 2 unspecified atom stereocenters. The van der Waals surface area contributed by atoms with Gasteiger partial charge in [-0.15, -0.1) is 0 Å². The summed E-state index contributed by atoms with van der Waals surface area (Å²) in [7, 11) is 0. The third kappa shape index (κ3) is 2.40. The van der Waals surface area contributed by atoms with Crippen molar-refractivity contribution in [3.63, 3.8) is 0 Å². The van der Waals surface area contributed by atoms with Gasteiger partial charge in [0.25, 0.3) is 0 Å². The second kappa shape index (κ2) is 4.60. The van der Waals surface area contributed by atoms with Crippen LogP contribution in [0.2, 0.25) is 5.02 Å². The SMILES string of the molecule is CC1(C)C(C(=O)O)C1C(Cl)=Cc1ccc(Cl)cc1. The first-order chi connectivity index (χ1) is 8.34. The molecule has 1 fully saturated rings. The normalized spacial score (nSPS) is 25.9. The molecule has 0 aliphatic heterocycles. The molecule has 1 aliphatic carbocycles. The highest BCUT2D eigenvalue weighted by atomic mass is 35.5. The van der Waals surface area contributed by atoms with Crippen LogP contribution in [0.1, 0.15) is 19.4 Å². The van der Waals surface area contributed by atoms with Gasteiger partial charge < -0.3 is 5.11 Å². The van der Waals surface area contributed by atoms with E-state index in [-0.39, 0.29) is 11.3 Å². The van der Waals surface area contributed by atoms with E-state index in [4.69, 9.17) is 28.3 Å². The van der Waals surface area contributed by atoms with Crippen molar-refractivity contribution in [3.05, 3.63) is 39.9 Å². The summed E-state index contributed by atoms with van der Waals surface area (Å²) in [6, 6.07) is 7.28. The van der Waals surface area contributed by atoms with Crippen LogP contribution >= 0.6 is 23.2 Å². The zero-order valence-electron chi connectivity index (χ0n) is 10.2. The summed E-state index contributed by atoms with van der Waals surface area (Å²) < 4.78 is 0. The van der Waals surface area contributed by atoms with Crippen LogP contribution in [0.3, 0.4) is 0 Å². The third-order valence-corrected chi connectivity index (χ3v) is 4.16. The minimum Gasteiger partial charge on any atom is -0.481 e. The number of allylic oxidation sites excluding steroid dienone is 1. The molecule has 1 aliphatic rings. The van der Waals surface area contributed by atoms with Gasteiger partial charge in [0.15, 0.2) is 0 Å². The molecule has 1 saturated carbocycles. The average Bonchev–Trinajstić information content (AvgIpc) is 2.85. The molecule has 0 radical (unpaired) electrons. The Morgan fingerprint density at radius 3 is 2.28 bits per heavy atom. The smallest absolute Gasteiger partial charge is 0.307 e. The van der Waals surface area contributed by atoms with Gasteiger partial charge in [-0.05, 0) is 29.2 Å². The lowest BCUT2D eigenvalue weighted by molar-refractivity contribution is -0.139. The summed E-state index contributed by atoms with van der Waals surface area (Å²) >= 11 is 12.0. The second-order valence-corrected chi connectivity index (χ2v) is 6.07. The number of hydrogen-bond acceptors (Lipinski definition) is 1. The fourth-order valence-corrected chi connectivity index (χ4v) is 3.08. The Labute approximate surface area is 116 Å². The van der Waals surface area contributed by atoms with Gasteiger partial charge in [-0.2, -0.15) is 0 Å². The quantitative estimate of drug-likeness (QED) is 0.900. The van der Waals surface area contributed by atoms with Gasteiger partial charge in [-0.3, -0.25) is 4.79 Å². The Hall–Kier alpha value is -0.990. The number of hydrogen-bond donors (Lipinski definition) is 1. The topological polar surface area (TPSA) is 37.3 Å². The molecule has 4 heteroatoms. The lowest BCUT2D eigenvalue weighted by Gasteiger charge is -2.01. The van der Waals surface area contributed by atoms with Crippen molar-refractivity contribution in [1.29, 1.82) is 0 Å². The summed E-state index contributed by atoms with van der Waals surface area (Å²) in [6.45, 7) is 3.85. The van der Waals surface area contributed by atoms with Crippen LogP contribution in [0.25, 0.3) is 6.08 Å². The molecule has 0 spiro atoms. The van der Waals surface area contributed by atoms with E-state index in [0.29, 0.717) is 10.1 Å². The van der Waals surface area contributed by atoms with E-state index in [0.717, 1.165) is 5.56 Å². The van der Waals surface area contributed by atoms with Crippen molar-refractivity contribution >= 4 is 35.2 Å².